The van der Waals surface area contributed by atoms with Crippen molar-refractivity contribution in [1.82, 2.24) is 10.2 Å². The lowest BCUT2D eigenvalue weighted by Gasteiger charge is -2.32. The van der Waals surface area contributed by atoms with Crippen LogP contribution in [0.1, 0.15) is 47.5 Å². The normalized spacial score (nSPS) is 16.2. The highest BCUT2D eigenvalue weighted by Gasteiger charge is 2.16. The van der Waals surface area contributed by atoms with Crippen LogP contribution < -0.4 is 5.32 Å². The Morgan fingerprint density at radius 2 is 1.65 bits per heavy atom. The molecule has 0 amide bonds. The Hall–Kier alpha value is 0.270. The smallest absolute Gasteiger partial charge is 0.00965 e. The molecule has 0 aliphatic rings. The summed E-state index contributed by atoms with van der Waals surface area (Å²) >= 11 is 1.94. The molecule has 104 valence electrons. The van der Waals surface area contributed by atoms with Gasteiger partial charge in [-0.05, 0) is 73.1 Å². The van der Waals surface area contributed by atoms with Crippen LogP contribution in [0, 0.1) is 0 Å². The van der Waals surface area contributed by atoms with Crippen molar-refractivity contribution in [3.63, 3.8) is 0 Å². The van der Waals surface area contributed by atoms with Crippen LogP contribution in [0.3, 0.4) is 0 Å². The summed E-state index contributed by atoms with van der Waals surface area (Å²) in [6.07, 6.45) is 4.69. The number of rotatable bonds is 8. The van der Waals surface area contributed by atoms with Gasteiger partial charge in [-0.2, -0.15) is 11.8 Å². The van der Waals surface area contributed by atoms with Crippen LogP contribution in [0.4, 0.5) is 0 Å². The van der Waals surface area contributed by atoms with E-state index < -0.39 is 0 Å². The second-order valence-electron chi connectivity index (χ2n) is 6.11. The Labute approximate surface area is 113 Å². The molecule has 0 spiro atoms. The van der Waals surface area contributed by atoms with Crippen molar-refractivity contribution in [2.24, 2.45) is 0 Å². The summed E-state index contributed by atoms with van der Waals surface area (Å²) in [6.45, 7) is 12.4. The summed E-state index contributed by atoms with van der Waals surface area (Å²) < 4.78 is 0. The van der Waals surface area contributed by atoms with Gasteiger partial charge in [0.15, 0.2) is 0 Å². The molecule has 0 fully saturated rings. The van der Waals surface area contributed by atoms with Gasteiger partial charge in [0, 0.05) is 17.6 Å². The SMILES string of the molecule is CSCCC(C)N(C)C(C)CCNC(C)(C)C. The van der Waals surface area contributed by atoms with E-state index in [-0.39, 0.29) is 5.54 Å². The fraction of sp³-hybridized carbons (Fsp3) is 1.00. The van der Waals surface area contributed by atoms with E-state index in [9.17, 15) is 0 Å². The average Bonchev–Trinajstić information content (AvgIpc) is 2.22. The molecule has 3 heteroatoms. The van der Waals surface area contributed by atoms with Crippen molar-refractivity contribution < 1.29 is 0 Å². The standard InChI is InChI=1S/C14H32N2S/c1-12(8-10-15-14(3,4)5)16(6)13(2)9-11-17-7/h12-13,15H,8-11H2,1-7H3. The third-order valence-corrected chi connectivity index (χ3v) is 3.99. The minimum absolute atomic E-state index is 0.239. The summed E-state index contributed by atoms with van der Waals surface area (Å²) in [6, 6.07) is 1.34. The van der Waals surface area contributed by atoms with Crippen molar-refractivity contribution in [2.75, 3.05) is 25.6 Å². The molecule has 0 aliphatic heterocycles. The highest BCUT2D eigenvalue weighted by molar-refractivity contribution is 7.98. The summed E-state index contributed by atoms with van der Waals surface area (Å²) in [4.78, 5) is 2.51. The fourth-order valence-corrected chi connectivity index (χ4v) is 2.36. The molecule has 0 aromatic heterocycles. The van der Waals surface area contributed by atoms with E-state index in [0.717, 1.165) is 6.54 Å². The van der Waals surface area contributed by atoms with Crippen molar-refractivity contribution >= 4 is 11.8 Å². The molecular formula is C14H32N2S. The quantitative estimate of drug-likeness (QED) is 0.721. The molecule has 0 aromatic rings. The van der Waals surface area contributed by atoms with E-state index in [1.54, 1.807) is 0 Å². The van der Waals surface area contributed by atoms with E-state index in [4.69, 9.17) is 0 Å². The van der Waals surface area contributed by atoms with E-state index in [1.807, 2.05) is 11.8 Å². The van der Waals surface area contributed by atoms with E-state index in [1.165, 1.54) is 18.6 Å². The summed E-state index contributed by atoms with van der Waals surface area (Å²) in [5.41, 5.74) is 0.239. The highest BCUT2D eigenvalue weighted by Crippen LogP contribution is 2.11. The van der Waals surface area contributed by atoms with Crippen LogP contribution in [0.15, 0.2) is 0 Å². The molecule has 17 heavy (non-hydrogen) atoms. The van der Waals surface area contributed by atoms with Crippen LogP contribution in [0.2, 0.25) is 0 Å². The molecule has 0 saturated carbocycles. The zero-order chi connectivity index (χ0) is 13.5. The first-order valence-electron chi connectivity index (χ1n) is 6.74. The molecule has 2 nitrogen and oxygen atoms in total. The first-order valence-corrected chi connectivity index (χ1v) is 8.13. The van der Waals surface area contributed by atoms with Crippen molar-refractivity contribution in [3.05, 3.63) is 0 Å². The number of nitrogens with one attached hydrogen (secondary N) is 1. The predicted molar refractivity (Wildman–Crippen MR) is 82.1 cm³/mol. The zero-order valence-corrected chi connectivity index (χ0v) is 13.7. The predicted octanol–water partition coefficient (Wildman–Crippen LogP) is 3.23. The zero-order valence-electron chi connectivity index (χ0n) is 12.8. The number of thioether (sulfide) groups is 1. The van der Waals surface area contributed by atoms with Gasteiger partial charge in [0.05, 0.1) is 0 Å². The minimum atomic E-state index is 0.239. The molecule has 2 unspecified atom stereocenters. The van der Waals surface area contributed by atoms with Gasteiger partial charge in [0.2, 0.25) is 0 Å². The van der Waals surface area contributed by atoms with Crippen LogP contribution in [0.25, 0.3) is 0 Å². The van der Waals surface area contributed by atoms with Gasteiger partial charge in [-0.25, -0.2) is 0 Å². The number of nitrogens with zero attached hydrogens (tertiary/aromatic N) is 1. The maximum absolute atomic E-state index is 3.56. The summed E-state index contributed by atoms with van der Waals surface area (Å²) in [5, 5.41) is 3.56. The molecular weight excluding hydrogens is 228 g/mol. The maximum Gasteiger partial charge on any atom is 0.00965 e. The average molecular weight is 260 g/mol. The summed E-state index contributed by atoms with van der Waals surface area (Å²) in [5.74, 6) is 1.26. The number of hydrogen-bond acceptors (Lipinski definition) is 3. The maximum atomic E-state index is 3.56. The van der Waals surface area contributed by atoms with Crippen LogP contribution >= 0.6 is 11.8 Å². The lowest BCUT2D eigenvalue weighted by Crippen LogP contribution is -2.42. The van der Waals surface area contributed by atoms with Gasteiger partial charge < -0.3 is 10.2 Å². The van der Waals surface area contributed by atoms with Gasteiger partial charge in [-0.3, -0.25) is 0 Å². The van der Waals surface area contributed by atoms with Crippen molar-refractivity contribution in [2.45, 2.75) is 65.1 Å². The monoisotopic (exact) mass is 260 g/mol. The lowest BCUT2D eigenvalue weighted by molar-refractivity contribution is 0.181. The largest absolute Gasteiger partial charge is 0.312 e. The van der Waals surface area contributed by atoms with Gasteiger partial charge in [0.1, 0.15) is 0 Å². The molecule has 0 aromatic carbocycles. The van der Waals surface area contributed by atoms with E-state index in [0.29, 0.717) is 12.1 Å². The minimum Gasteiger partial charge on any atom is -0.312 e. The van der Waals surface area contributed by atoms with Crippen LogP contribution in [-0.4, -0.2) is 48.1 Å². The van der Waals surface area contributed by atoms with Crippen molar-refractivity contribution in [3.8, 4) is 0 Å². The topological polar surface area (TPSA) is 15.3 Å². The molecule has 0 heterocycles. The number of hydrogen-bond donors (Lipinski definition) is 1. The molecule has 0 radical (unpaired) electrons. The Bertz CT molecular complexity index is 189. The van der Waals surface area contributed by atoms with Crippen LogP contribution in [-0.2, 0) is 0 Å². The molecule has 0 bridgehead atoms. The Kier molecular flexibility index (Phi) is 8.52. The first kappa shape index (κ1) is 17.3. The first-order chi connectivity index (χ1) is 7.78. The molecule has 0 rings (SSSR count). The molecule has 1 N–H and O–H groups in total. The fourth-order valence-electron chi connectivity index (χ4n) is 1.79. The summed E-state index contributed by atoms with van der Waals surface area (Å²) in [7, 11) is 2.26. The van der Waals surface area contributed by atoms with Gasteiger partial charge in [-0.1, -0.05) is 0 Å². The molecule has 0 aliphatic carbocycles. The van der Waals surface area contributed by atoms with Crippen molar-refractivity contribution in [1.29, 1.82) is 0 Å². The van der Waals surface area contributed by atoms with Crippen LogP contribution in [0.5, 0.6) is 0 Å². The second kappa shape index (κ2) is 8.39. The molecule has 2 atom stereocenters. The lowest BCUT2D eigenvalue weighted by atomic mass is 10.1. The third kappa shape index (κ3) is 8.92. The van der Waals surface area contributed by atoms with Gasteiger partial charge in [-0.15, -0.1) is 0 Å². The Morgan fingerprint density at radius 1 is 1.12 bits per heavy atom. The molecule has 0 saturated heterocycles. The van der Waals surface area contributed by atoms with Gasteiger partial charge in [0.25, 0.3) is 0 Å². The third-order valence-electron chi connectivity index (χ3n) is 3.35. The van der Waals surface area contributed by atoms with E-state index in [2.05, 4.69) is 58.1 Å². The van der Waals surface area contributed by atoms with E-state index >= 15 is 0 Å². The second-order valence-corrected chi connectivity index (χ2v) is 7.10. The Balaban J connectivity index is 3.84. The van der Waals surface area contributed by atoms with Gasteiger partial charge >= 0.3 is 0 Å². The Morgan fingerprint density at radius 3 is 2.12 bits per heavy atom. The highest BCUT2D eigenvalue weighted by atomic mass is 32.2.